The Kier molecular flexibility index (Phi) is 6.12. The van der Waals surface area contributed by atoms with Crippen molar-refractivity contribution < 1.29 is 14.3 Å². The highest BCUT2D eigenvalue weighted by Crippen LogP contribution is 2.35. The molecule has 2 heterocycles. The van der Waals surface area contributed by atoms with Crippen LogP contribution in [0.4, 0.5) is 0 Å². The Morgan fingerprint density at radius 1 is 1.38 bits per heavy atom. The fraction of sp³-hybridized carbons (Fsp3) is 0.619. The van der Waals surface area contributed by atoms with Gasteiger partial charge < -0.3 is 15.0 Å². The quantitative estimate of drug-likeness (QED) is 0.726. The summed E-state index contributed by atoms with van der Waals surface area (Å²) in [6.45, 7) is 9.36. The molecule has 0 radical (unpaired) electrons. The van der Waals surface area contributed by atoms with Crippen LogP contribution in [0.1, 0.15) is 63.7 Å². The Morgan fingerprint density at radius 3 is 2.79 bits per heavy atom. The molecular weight excluding hydrogens is 390 g/mol. The first-order chi connectivity index (χ1) is 13.5. The highest BCUT2D eigenvalue weighted by molar-refractivity contribution is 7.18. The predicted molar refractivity (Wildman–Crippen MR) is 113 cm³/mol. The van der Waals surface area contributed by atoms with Crippen molar-refractivity contribution in [1.29, 1.82) is 0 Å². The molecule has 0 unspecified atom stereocenters. The second-order valence-electron chi connectivity index (χ2n) is 8.92. The lowest BCUT2D eigenvalue weighted by Gasteiger charge is -2.23. The number of amides is 1. The van der Waals surface area contributed by atoms with E-state index in [0.717, 1.165) is 29.7 Å². The lowest BCUT2D eigenvalue weighted by Crippen LogP contribution is -2.46. The molecule has 0 saturated carbocycles. The van der Waals surface area contributed by atoms with Crippen molar-refractivity contribution in [3.05, 3.63) is 26.6 Å². The van der Waals surface area contributed by atoms with Crippen LogP contribution in [-0.4, -0.2) is 33.5 Å². The van der Waals surface area contributed by atoms with Crippen LogP contribution in [0.2, 0.25) is 0 Å². The van der Waals surface area contributed by atoms with E-state index >= 15 is 0 Å². The van der Waals surface area contributed by atoms with Gasteiger partial charge in [-0.1, -0.05) is 6.92 Å². The number of carbonyl (C=O) groups is 2. The van der Waals surface area contributed by atoms with Gasteiger partial charge in [0.2, 0.25) is 0 Å². The van der Waals surface area contributed by atoms with E-state index < -0.39 is 17.6 Å². The van der Waals surface area contributed by atoms with Gasteiger partial charge in [0, 0.05) is 16.8 Å². The molecule has 7 nitrogen and oxygen atoms in total. The van der Waals surface area contributed by atoms with Crippen molar-refractivity contribution in [3.8, 4) is 0 Å². The van der Waals surface area contributed by atoms with Crippen molar-refractivity contribution in [1.82, 2.24) is 15.3 Å². The van der Waals surface area contributed by atoms with Crippen molar-refractivity contribution >= 4 is 33.4 Å². The molecule has 0 fully saturated rings. The molecule has 1 aliphatic rings. The van der Waals surface area contributed by atoms with Gasteiger partial charge in [0.05, 0.1) is 11.8 Å². The molecule has 2 aromatic heterocycles. The molecule has 0 aromatic carbocycles. The number of hydrogen-bond acceptors (Lipinski definition) is 6. The number of thiophene rings is 1. The van der Waals surface area contributed by atoms with E-state index in [2.05, 4.69) is 22.2 Å². The summed E-state index contributed by atoms with van der Waals surface area (Å²) in [5.41, 5.74) is 0.610. The lowest BCUT2D eigenvalue weighted by molar-refractivity contribution is -0.155. The Morgan fingerprint density at radius 2 is 2.10 bits per heavy atom. The van der Waals surface area contributed by atoms with Crippen molar-refractivity contribution in [2.45, 2.75) is 78.4 Å². The summed E-state index contributed by atoms with van der Waals surface area (Å²) in [6.07, 6.45) is 2.43. The van der Waals surface area contributed by atoms with Crippen LogP contribution in [0.25, 0.3) is 10.2 Å². The van der Waals surface area contributed by atoms with Crippen molar-refractivity contribution in [3.63, 3.8) is 0 Å². The minimum atomic E-state index is -0.873. The van der Waals surface area contributed by atoms with Gasteiger partial charge in [0.15, 0.2) is 6.10 Å². The Hall–Kier alpha value is -2.22. The molecule has 1 amide bonds. The summed E-state index contributed by atoms with van der Waals surface area (Å²) in [7, 11) is 0. The number of rotatable bonds is 5. The fourth-order valence-electron chi connectivity index (χ4n) is 3.51. The molecule has 0 saturated heterocycles. The summed E-state index contributed by atoms with van der Waals surface area (Å²) in [6, 6.07) is 0. The molecule has 2 N–H and O–H groups in total. The van der Waals surface area contributed by atoms with Gasteiger partial charge in [-0.25, -0.2) is 4.98 Å². The van der Waals surface area contributed by atoms with E-state index in [1.54, 1.807) is 18.3 Å². The zero-order valence-corrected chi connectivity index (χ0v) is 18.5. The third kappa shape index (κ3) is 5.23. The zero-order chi connectivity index (χ0) is 21.3. The van der Waals surface area contributed by atoms with E-state index in [4.69, 9.17) is 4.74 Å². The summed E-state index contributed by atoms with van der Waals surface area (Å²) in [5, 5.41) is 3.48. The van der Waals surface area contributed by atoms with Gasteiger partial charge in [0.1, 0.15) is 10.7 Å². The smallest absolute Gasteiger partial charge is 0.307 e. The normalized spacial score (nSPS) is 17.6. The number of aryl methyl sites for hydroxylation is 2. The number of nitrogens with one attached hydrogen (secondary N) is 2. The number of hydrogen-bond donors (Lipinski definition) is 2. The largest absolute Gasteiger partial charge is 0.453 e. The van der Waals surface area contributed by atoms with E-state index in [1.165, 1.54) is 4.88 Å². The minimum Gasteiger partial charge on any atom is -0.453 e. The minimum absolute atomic E-state index is 0.0453. The second kappa shape index (κ2) is 8.26. The highest BCUT2D eigenvalue weighted by Gasteiger charge is 2.24. The summed E-state index contributed by atoms with van der Waals surface area (Å²) < 4.78 is 5.21. The monoisotopic (exact) mass is 419 g/mol. The van der Waals surface area contributed by atoms with Crippen LogP contribution in [0.15, 0.2) is 4.79 Å². The molecule has 3 rings (SSSR count). The van der Waals surface area contributed by atoms with Crippen LogP contribution in [0.5, 0.6) is 0 Å². The second-order valence-corrected chi connectivity index (χ2v) is 10.00. The zero-order valence-electron chi connectivity index (χ0n) is 17.7. The Labute approximate surface area is 174 Å². The highest BCUT2D eigenvalue weighted by atomic mass is 32.1. The number of aromatic amines is 1. The third-order valence-electron chi connectivity index (χ3n) is 4.96. The number of H-pyrrole nitrogens is 1. The van der Waals surface area contributed by atoms with E-state index in [9.17, 15) is 14.4 Å². The summed E-state index contributed by atoms with van der Waals surface area (Å²) >= 11 is 1.59. The fourth-order valence-corrected chi connectivity index (χ4v) is 4.92. The van der Waals surface area contributed by atoms with Gasteiger partial charge in [-0.15, -0.1) is 11.3 Å². The summed E-state index contributed by atoms with van der Waals surface area (Å²) in [4.78, 5) is 46.1. The van der Waals surface area contributed by atoms with Gasteiger partial charge in [-0.05, 0) is 58.4 Å². The SMILES string of the molecule is C[C@H]1CCc2c(sc3nc(CCC(=O)O[C@@H](C)C(=O)NC(C)(C)C)[nH]c(=O)c23)C1. The third-order valence-corrected chi connectivity index (χ3v) is 6.10. The van der Waals surface area contributed by atoms with Gasteiger partial charge in [-0.3, -0.25) is 14.4 Å². The maximum absolute atomic E-state index is 12.6. The number of nitrogens with zero attached hydrogens (tertiary/aromatic N) is 1. The molecule has 0 aliphatic heterocycles. The average Bonchev–Trinajstić information content (AvgIpc) is 2.96. The molecular formula is C21H29N3O4S. The van der Waals surface area contributed by atoms with Gasteiger partial charge >= 0.3 is 5.97 Å². The van der Waals surface area contributed by atoms with E-state index in [0.29, 0.717) is 17.1 Å². The molecule has 0 spiro atoms. The van der Waals surface area contributed by atoms with Crippen LogP contribution >= 0.6 is 11.3 Å². The van der Waals surface area contributed by atoms with Gasteiger partial charge in [0.25, 0.3) is 11.5 Å². The average molecular weight is 420 g/mol. The number of aromatic nitrogens is 2. The predicted octanol–water partition coefficient (Wildman–Crippen LogP) is 2.89. The van der Waals surface area contributed by atoms with Crippen LogP contribution in [0.3, 0.4) is 0 Å². The van der Waals surface area contributed by atoms with Crippen LogP contribution < -0.4 is 10.9 Å². The number of ether oxygens (including phenoxy) is 1. The van der Waals surface area contributed by atoms with Crippen molar-refractivity contribution in [2.75, 3.05) is 0 Å². The maximum atomic E-state index is 12.6. The Bertz CT molecular complexity index is 986. The van der Waals surface area contributed by atoms with E-state index in [1.807, 2.05) is 20.8 Å². The first-order valence-corrected chi connectivity index (χ1v) is 10.9. The number of fused-ring (bicyclic) bond motifs is 3. The number of carbonyl (C=O) groups excluding carboxylic acids is 2. The maximum Gasteiger partial charge on any atom is 0.307 e. The van der Waals surface area contributed by atoms with Gasteiger partial charge in [-0.2, -0.15) is 0 Å². The molecule has 0 bridgehead atoms. The molecule has 29 heavy (non-hydrogen) atoms. The van der Waals surface area contributed by atoms with E-state index in [-0.39, 0.29) is 24.3 Å². The summed E-state index contributed by atoms with van der Waals surface area (Å²) in [5.74, 6) is 0.264. The molecule has 8 heteroatoms. The topological polar surface area (TPSA) is 101 Å². The molecule has 158 valence electrons. The van der Waals surface area contributed by atoms with Crippen molar-refractivity contribution in [2.24, 2.45) is 5.92 Å². The molecule has 2 aromatic rings. The number of esters is 1. The standard InChI is InChI=1S/C21H29N3O4S/c1-11-6-7-13-14(10-11)29-20-17(13)19(27)22-15(23-20)8-9-16(25)28-12(2)18(26)24-21(3,4)5/h11-12H,6-10H2,1-5H3,(H,24,26)(H,22,23,27)/t11-,12-/m0/s1. The molecule has 1 aliphatic carbocycles. The first kappa shape index (κ1) is 21.5. The lowest BCUT2D eigenvalue weighted by atomic mass is 9.89. The van der Waals surface area contributed by atoms with Crippen LogP contribution in [-0.2, 0) is 33.6 Å². The first-order valence-electron chi connectivity index (χ1n) is 10.1. The van der Waals surface area contributed by atoms with Crippen LogP contribution in [0, 0.1) is 5.92 Å². The Balaban J connectivity index is 1.64. The molecule has 2 atom stereocenters.